The van der Waals surface area contributed by atoms with E-state index >= 15 is 0 Å². The Labute approximate surface area is 98.7 Å². The van der Waals surface area contributed by atoms with Crippen molar-refractivity contribution in [3.8, 4) is 0 Å². The maximum atomic E-state index is 12.2. The maximum absolute atomic E-state index is 12.2. The highest BCUT2D eigenvalue weighted by Gasteiger charge is 2.27. The summed E-state index contributed by atoms with van der Waals surface area (Å²) in [5.74, 6) is -0.0244. The van der Waals surface area contributed by atoms with Crippen molar-refractivity contribution < 1.29 is 4.79 Å². The van der Waals surface area contributed by atoms with Gasteiger partial charge in [-0.25, -0.2) is 0 Å². The van der Waals surface area contributed by atoms with Crippen molar-refractivity contribution in [1.82, 2.24) is 15.1 Å². The van der Waals surface area contributed by atoms with E-state index in [0.717, 1.165) is 30.7 Å². The highest BCUT2D eigenvalue weighted by molar-refractivity contribution is 7.16. The molecule has 1 aliphatic carbocycles. The summed E-state index contributed by atoms with van der Waals surface area (Å²) < 4.78 is 0. The average Bonchev–Trinajstić information content (AvgIpc) is 2.90. The Morgan fingerprint density at radius 2 is 2.19 bits per heavy atom. The highest BCUT2D eigenvalue weighted by Crippen LogP contribution is 2.25. The molecule has 0 radical (unpaired) electrons. The summed E-state index contributed by atoms with van der Waals surface area (Å²) in [7, 11) is 0. The Bertz CT molecular complexity index is 373. The zero-order valence-corrected chi connectivity index (χ0v) is 10.2. The second kappa shape index (κ2) is 4.78. The summed E-state index contributed by atoms with van der Waals surface area (Å²) in [6, 6.07) is 0.377. The van der Waals surface area contributed by atoms with Gasteiger partial charge in [-0.1, -0.05) is 24.2 Å². The number of aromatic nitrogens is 2. The van der Waals surface area contributed by atoms with Crippen LogP contribution in [0.15, 0.2) is 0 Å². The number of carbonyl (C=O) groups is 1. The average molecular weight is 240 g/mol. The predicted molar refractivity (Wildman–Crippen MR) is 63.3 cm³/mol. The van der Waals surface area contributed by atoms with Gasteiger partial charge < -0.3 is 10.6 Å². The minimum atomic E-state index is -0.0244. The van der Waals surface area contributed by atoms with E-state index < -0.39 is 0 Å². The molecule has 0 bridgehead atoms. The molecule has 0 aromatic carbocycles. The molecule has 1 fully saturated rings. The predicted octanol–water partition coefficient (Wildman–Crippen LogP) is 1.52. The van der Waals surface area contributed by atoms with Gasteiger partial charge in [0.05, 0.1) is 0 Å². The summed E-state index contributed by atoms with van der Waals surface area (Å²) in [6.07, 6.45) is 4.64. The summed E-state index contributed by atoms with van der Waals surface area (Å²) in [5.41, 5.74) is 5.49. The first-order valence-corrected chi connectivity index (χ1v) is 6.44. The third-order valence-electron chi connectivity index (χ3n) is 2.99. The third kappa shape index (κ3) is 2.16. The normalized spacial score (nSPS) is 16.6. The SMILES string of the molecule is CCN(C(=O)c1nnc(N)s1)C1CCCC1. The molecule has 1 heterocycles. The highest BCUT2D eigenvalue weighted by atomic mass is 32.1. The van der Waals surface area contributed by atoms with Gasteiger partial charge in [-0.05, 0) is 19.8 Å². The molecule has 2 rings (SSSR count). The number of anilines is 1. The van der Waals surface area contributed by atoms with Gasteiger partial charge in [-0.2, -0.15) is 0 Å². The zero-order chi connectivity index (χ0) is 11.5. The minimum absolute atomic E-state index is 0.0244. The van der Waals surface area contributed by atoms with Crippen LogP contribution >= 0.6 is 11.3 Å². The molecule has 1 aromatic heterocycles. The molecule has 5 nitrogen and oxygen atoms in total. The zero-order valence-electron chi connectivity index (χ0n) is 9.35. The van der Waals surface area contributed by atoms with Crippen LogP contribution < -0.4 is 5.73 Å². The van der Waals surface area contributed by atoms with E-state index in [-0.39, 0.29) is 5.91 Å². The minimum Gasteiger partial charge on any atom is -0.374 e. The van der Waals surface area contributed by atoms with E-state index in [2.05, 4.69) is 10.2 Å². The number of hydrogen-bond acceptors (Lipinski definition) is 5. The van der Waals surface area contributed by atoms with E-state index in [1.165, 1.54) is 12.8 Å². The van der Waals surface area contributed by atoms with Gasteiger partial charge in [0.2, 0.25) is 10.1 Å². The monoisotopic (exact) mass is 240 g/mol. The first-order chi connectivity index (χ1) is 7.72. The van der Waals surface area contributed by atoms with Crippen molar-refractivity contribution in [2.75, 3.05) is 12.3 Å². The van der Waals surface area contributed by atoms with Gasteiger partial charge >= 0.3 is 0 Å². The number of nitrogen functional groups attached to an aromatic ring is 1. The number of hydrogen-bond donors (Lipinski definition) is 1. The van der Waals surface area contributed by atoms with Crippen LogP contribution in [0.1, 0.15) is 42.4 Å². The van der Waals surface area contributed by atoms with Crippen LogP contribution in [0, 0.1) is 0 Å². The van der Waals surface area contributed by atoms with E-state index in [4.69, 9.17) is 5.73 Å². The number of rotatable bonds is 3. The Balaban J connectivity index is 2.11. The van der Waals surface area contributed by atoms with Crippen LogP contribution in [0.4, 0.5) is 5.13 Å². The van der Waals surface area contributed by atoms with Crippen molar-refractivity contribution >= 4 is 22.4 Å². The van der Waals surface area contributed by atoms with Gasteiger partial charge in [0, 0.05) is 12.6 Å². The molecule has 0 spiro atoms. The maximum Gasteiger partial charge on any atom is 0.285 e. The largest absolute Gasteiger partial charge is 0.374 e. The Kier molecular flexibility index (Phi) is 3.38. The molecule has 0 unspecified atom stereocenters. The van der Waals surface area contributed by atoms with Crippen LogP contribution in [0.2, 0.25) is 0 Å². The molecule has 88 valence electrons. The molecule has 0 aliphatic heterocycles. The molecule has 0 saturated heterocycles. The van der Waals surface area contributed by atoms with E-state index in [1.54, 1.807) is 0 Å². The molecule has 1 aromatic rings. The lowest BCUT2D eigenvalue weighted by Crippen LogP contribution is -2.38. The number of amides is 1. The van der Waals surface area contributed by atoms with Crippen molar-refractivity contribution in [3.05, 3.63) is 5.01 Å². The standard InChI is InChI=1S/C10H16N4OS/c1-2-14(7-5-3-4-6-7)9(15)8-12-13-10(11)16-8/h7H,2-6H2,1H3,(H2,11,13). The number of carbonyl (C=O) groups excluding carboxylic acids is 1. The molecule has 0 atom stereocenters. The molecule has 1 amide bonds. The second-order valence-corrected chi connectivity index (χ2v) is 4.98. The van der Waals surface area contributed by atoms with Gasteiger partial charge in [-0.15, -0.1) is 10.2 Å². The van der Waals surface area contributed by atoms with E-state index in [9.17, 15) is 4.79 Å². The lowest BCUT2D eigenvalue weighted by atomic mass is 10.2. The smallest absolute Gasteiger partial charge is 0.285 e. The van der Waals surface area contributed by atoms with Crippen molar-refractivity contribution in [2.45, 2.75) is 38.6 Å². The fourth-order valence-electron chi connectivity index (χ4n) is 2.23. The number of nitrogens with two attached hydrogens (primary N) is 1. The molecule has 6 heteroatoms. The fraction of sp³-hybridized carbons (Fsp3) is 0.700. The molecule has 16 heavy (non-hydrogen) atoms. The lowest BCUT2D eigenvalue weighted by Gasteiger charge is -2.26. The van der Waals surface area contributed by atoms with Gasteiger partial charge in [0.15, 0.2) is 0 Å². The fourth-order valence-corrected chi connectivity index (χ4v) is 2.79. The van der Waals surface area contributed by atoms with Crippen LogP contribution in [-0.4, -0.2) is 33.6 Å². The molecule has 1 aliphatic rings. The first-order valence-electron chi connectivity index (χ1n) is 5.62. The topological polar surface area (TPSA) is 72.1 Å². The molecule has 2 N–H and O–H groups in total. The summed E-state index contributed by atoms with van der Waals surface area (Å²) >= 11 is 1.16. The van der Waals surface area contributed by atoms with Gasteiger partial charge in [0.25, 0.3) is 5.91 Å². The summed E-state index contributed by atoms with van der Waals surface area (Å²) in [5, 5.41) is 8.25. The van der Waals surface area contributed by atoms with Crippen LogP contribution in [0.25, 0.3) is 0 Å². The summed E-state index contributed by atoms with van der Waals surface area (Å²) in [6.45, 7) is 2.73. The molecular formula is C10H16N4OS. The lowest BCUT2D eigenvalue weighted by molar-refractivity contribution is 0.0692. The van der Waals surface area contributed by atoms with Crippen molar-refractivity contribution in [1.29, 1.82) is 0 Å². The Morgan fingerprint density at radius 3 is 2.69 bits per heavy atom. The quantitative estimate of drug-likeness (QED) is 0.869. The van der Waals surface area contributed by atoms with Crippen molar-refractivity contribution in [2.24, 2.45) is 0 Å². The van der Waals surface area contributed by atoms with Crippen LogP contribution in [0.5, 0.6) is 0 Å². The second-order valence-electron chi connectivity index (χ2n) is 3.97. The molecule has 1 saturated carbocycles. The van der Waals surface area contributed by atoms with Crippen molar-refractivity contribution in [3.63, 3.8) is 0 Å². The van der Waals surface area contributed by atoms with Crippen LogP contribution in [0.3, 0.4) is 0 Å². The first kappa shape index (κ1) is 11.3. The van der Waals surface area contributed by atoms with Crippen LogP contribution in [-0.2, 0) is 0 Å². The molecular weight excluding hydrogens is 224 g/mol. The Morgan fingerprint density at radius 1 is 1.50 bits per heavy atom. The Hall–Kier alpha value is -1.17. The number of nitrogens with zero attached hydrogens (tertiary/aromatic N) is 3. The van der Waals surface area contributed by atoms with E-state index in [1.807, 2.05) is 11.8 Å². The third-order valence-corrected chi connectivity index (χ3v) is 3.73. The summed E-state index contributed by atoms with van der Waals surface area (Å²) in [4.78, 5) is 14.1. The van der Waals surface area contributed by atoms with E-state index in [0.29, 0.717) is 16.2 Å². The van der Waals surface area contributed by atoms with Gasteiger partial charge in [0.1, 0.15) is 0 Å². The van der Waals surface area contributed by atoms with Gasteiger partial charge in [-0.3, -0.25) is 4.79 Å².